The second-order valence-corrected chi connectivity index (χ2v) is 6.48. The number of alkyl halides is 2. The van der Waals surface area contributed by atoms with Crippen LogP contribution in [0.5, 0.6) is 0 Å². The highest BCUT2D eigenvalue weighted by atomic mass is 35.5. The van der Waals surface area contributed by atoms with Crippen molar-refractivity contribution in [3.8, 4) is 0 Å². The molecule has 0 heterocycles. The van der Waals surface area contributed by atoms with Crippen molar-refractivity contribution in [2.45, 2.75) is 30.4 Å². The van der Waals surface area contributed by atoms with Crippen molar-refractivity contribution in [2.24, 2.45) is 5.92 Å². The van der Waals surface area contributed by atoms with Crippen LogP contribution in [0.2, 0.25) is 5.02 Å². The van der Waals surface area contributed by atoms with Gasteiger partial charge in [0.2, 0.25) is 0 Å². The molecule has 112 valence electrons. The molecule has 6 heteroatoms. The molecule has 1 aliphatic carbocycles. The summed E-state index contributed by atoms with van der Waals surface area (Å²) in [7, 11) is 0. The first-order chi connectivity index (χ1) is 9.43. The van der Waals surface area contributed by atoms with Crippen molar-refractivity contribution in [2.75, 3.05) is 13.2 Å². The van der Waals surface area contributed by atoms with Gasteiger partial charge < -0.3 is 9.47 Å². The third-order valence-electron chi connectivity index (χ3n) is 3.37. The van der Waals surface area contributed by atoms with E-state index in [1.54, 1.807) is 12.1 Å². The van der Waals surface area contributed by atoms with Crippen LogP contribution in [0.3, 0.4) is 0 Å². The van der Waals surface area contributed by atoms with Crippen molar-refractivity contribution in [1.82, 2.24) is 0 Å². The van der Waals surface area contributed by atoms with E-state index in [9.17, 15) is 4.39 Å². The minimum Gasteiger partial charge on any atom is -0.353 e. The molecule has 0 bridgehead atoms. The van der Waals surface area contributed by atoms with Gasteiger partial charge in [-0.15, -0.1) is 23.2 Å². The van der Waals surface area contributed by atoms with Gasteiger partial charge in [0.25, 0.3) is 0 Å². The molecule has 1 aliphatic rings. The lowest BCUT2D eigenvalue weighted by Crippen LogP contribution is -2.22. The Labute approximate surface area is 133 Å². The monoisotopic (exact) mass is 340 g/mol. The summed E-state index contributed by atoms with van der Waals surface area (Å²) in [6, 6.07) is 4.50. The summed E-state index contributed by atoms with van der Waals surface area (Å²) in [5.41, 5.74) is 0.788. The minimum absolute atomic E-state index is 0.0571. The predicted molar refractivity (Wildman–Crippen MR) is 79.1 cm³/mol. The summed E-state index contributed by atoms with van der Waals surface area (Å²) in [5.74, 6) is -0.854. The number of rotatable bonds is 6. The molecule has 0 radical (unpaired) electrons. The Morgan fingerprint density at radius 3 is 2.35 bits per heavy atom. The van der Waals surface area contributed by atoms with Crippen LogP contribution in [0.15, 0.2) is 18.2 Å². The number of benzene rings is 1. The van der Waals surface area contributed by atoms with Crippen LogP contribution in [0.4, 0.5) is 4.39 Å². The normalized spacial score (nSPS) is 24.1. The Bertz CT molecular complexity index is 475. The third-order valence-corrected chi connectivity index (χ3v) is 4.63. The standard InChI is InChI=1S/C14H16Cl3FO2/c1-3-19-13(20-4-2)12-11(14(12,16)17)8-5-6-10(18)9(15)7-8/h5-7,11-13H,3-4H2,1-2H3/t11-,12+/m0/s1. The Morgan fingerprint density at radius 2 is 1.85 bits per heavy atom. The highest BCUT2D eigenvalue weighted by Crippen LogP contribution is 2.67. The smallest absolute Gasteiger partial charge is 0.163 e. The molecular formula is C14H16Cl3FO2. The van der Waals surface area contributed by atoms with Crippen molar-refractivity contribution in [3.63, 3.8) is 0 Å². The third kappa shape index (κ3) is 3.07. The van der Waals surface area contributed by atoms with Crippen LogP contribution in [-0.4, -0.2) is 23.8 Å². The molecule has 1 fully saturated rings. The van der Waals surface area contributed by atoms with Crippen molar-refractivity contribution >= 4 is 34.8 Å². The van der Waals surface area contributed by atoms with Crippen LogP contribution in [-0.2, 0) is 9.47 Å². The highest BCUT2D eigenvalue weighted by Gasteiger charge is 2.67. The van der Waals surface area contributed by atoms with E-state index < -0.39 is 16.4 Å². The van der Waals surface area contributed by atoms with Gasteiger partial charge in [0, 0.05) is 19.1 Å². The quantitative estimate of drug-likeness (QED) is 0.548. The molecule has 2 rings (SSSR count). The fraction of sp³-hybridized carbons (Fsp3) is 0.571. The molecule has 2 atom stereocenters. The topological polar surface area (TPSA) is 18.5 Å². The van der Waals surface area contributed by atoms with Gasteiger partial charge in [-0.2, -0.15) is 0 Å². The highest BCUT2D eigenvalue weighted by molar-refractivity contribution is 6.52. The molecule has 0 unspecified atom stereocenters. The zero-order valence-corrected chi connectivity index (χ0v) is 13.5. The number of ether oxygens (including phenoxy) is 2. The summed E-state index contributed by atoms with van der Waals surface area (Å²) in [4.78, 5) is 0. The van der Waals surface area contributed by atoms with Crippen LogP contribution in [0.25, 0.3) is 0 Å². The molecule has 0 amide bonds. The zero-order valence-electron chi connectivity index (χ0n) is 11.2. The lowest BCUT2D eigenvalue weighted by atomic mass is 10.1. The summed E-state index contributed by atoms with van der Waals surface area (Å²) in [5, 5.41) is 0.0571. The molecule has 0 aliphatic heterocycles. The van der Waals surface area contributed by atoms with Crippen LogP contribution in [0, 0.1) is 11.7 Å². The molecule has 20 heavy (non-hydrogen) atoms. The van der Waals surface area contributed by atoms with Gasteiger partial charge in [-0.1, -0.05) is 17.7 Å². The lowest BCUT2D eigenvalue weighted by Gasteiger charge is -2.17. The second-order valence-electron chi connectivity index (χ2n) is 4.63. The zero-order chi connectivity index (χ0) is 14.9. The largest absolute Gasteiger partial charge is 0.353 e. The summed E-state index contributed by atoms with van der Waals surface area (Å²) in [6.45, 7) is 4.76. The lowest BCUT2D eigenvalue weighted by molar-refractivity contribution is -0.149. The summed E-state index contributed by atoms with van der Waals surface area (Å²) >= 11 is 18.5. The van der Waals surface area contributed by atoms with E-state index in [0.29, 0.717) is 13.2 Å². The number of hydrogen-bond donors (Lipinski definition) is 0. The predicted octanol–water partition coefficient (Wildman–Crippen LogP) is 4.77. The van der Waals surface area contributed by atoms with Gasteiger partial charge in [0.1, 0.15) is 10.2 Å². The van der Waals surface area contributed by atoms with E-state index in [1.165, 1.54) is 6.07 Å². The molecule has 1 aromatic carbocycles. The van der Waals surface area contributed by atoms with Crippen LogP contribution < -0.4 is 0 Å². The van der Waals surface area contributed by atoms with Crippen LogP contribution in [0.1, 0.15) is 25.3 Å². The first kappa shape index (κ1) is 16.3. The molecule has 1 aromatic rings. The van der Waals surface area contributed by atoms with E-state index in [1.807, 2.05) is 13.8 Å². The number of hydrogen-bond acceptors (Lipinski definition) is 2. The van der Waals surface area contributed by atoms with Crippen molar-refractivity contribution in [1.29, 1.82) is 0 Å². The molecule has 0 N–H and O–H groups in total. The molecular weight excluding hydrogens is 326 g/mol. The Hall–Kier alpha value is -0.0600. The van der Waals surface area contributed by atoms with Gasteiger partial charge in [0.15, 0.2) is 6.29 Å². The van der Waals surface area contributed by atoms with E-state index in [2.05, 4.69) is 0 Å². The van der Waals surface area contributed by atoms with E-state index >= 15 is 0 Å². The van der Waals surface area contributed by atoms with E-state index in [4.69, 9.17) is 44.3 Å². The molecule has 2 nitrogen and oxygen atoms in total. The van der Waals surface area contributed by atoms with Gasteiger partial charge in [-0.05, 0) is 31.5 Å². The first-order valence-electron chi connectivity index (χ1n) is 6.49. The maximum Gasteiger partial charge on any atom is 0.163 e. The van der Waals surface area contributed by atoms with Crippen LogP contribution >= 0.6 is 34.8 Å². The van der Waals surface area contributed by atoms with E-state index in [0.717, 1.165) is 5.56 Å². The average Bonchev–Trinajstić information content (AvgIpc) is 2.95. The molecule has 0 spiro atoms. The van der Waals surface area contributed by atoms with Crippen molar-refractivity contribution < 1.29 is 13.9 Å². The fourth-order valence-corrected chi connectivity index (χ4v) is 3.45. The van der Waals surface area contributed by atoms with E-state index in [-0.39, 0.29) is 16.9 Å². The average molecular weight is 342 g/mol. The Kier molecular flexibility index (Phi) is 5.19. The summed E-state index contributed by atoms with van der Waals surface area (Å²) in [6.07, 6.45) is -0.478. The molecule has 0 aromatic heterocycles. The molecule has 1 saturated carbocycles. The summed E-state index contributed by atoms with van der Waals surface area (Å²) < 4.78 is 23.3. The maximum atomic E-state index is 13.2. The fourth-order valence-electron chi connectivity index (χ4n) is 2.41. The SMILES string of the molecule is CCOC(OCC)[C@H]1[C@H](c2ccc(F)c(Cl)c2)C1(Cl)Cl. The Morgan fingerprint density at radius 1 is 1.25 bits per heavy atom. The van der Waals surface area contributed by atoms with Gasteiger partial charge >= 0.3 is 0 Å². The first-order valence-corrected chi connectivity index (χ1v) is 7.62. The van der Waals surface area contributed by atoms with Gasteiger partial charge in [-0.3, -0.25) is 0 Å². The Balaban J connectivity index is 2.21. The maximum absolute atomic E-state index is 13.2. The van der Waals surface area contributed by atoms with Gasteiger partial charge in [-0.25, -0.2) is 4.39 Å². The second kappa shape index (κ2) is 6.37. The number of halogens is 4. The minimum atomic E-state index is -0.990. The molecule has 0 saturated heterocycles. The van der Waals surface area contributed by atoms with Crippen molar-refractivity contribution in [3.05, 3.63) is 34.6 Å². The van der Waals surface area contributed by atoms with Gasteiger partial charge in [0.05, 0.1) is 10.9 Å².